The molecule has 0 amide bonds. The molecule has 0 fully saturated rings. The first-order valence-corrected chi connectivity index (χ1v) is 13.5. The molecule has 1 unspecified atom stereocenters. The van der Waals surface area contributed by atoms with Crippen LogP contribution >= 0.6 is 11.6 Å². The lowest BCUT2D eigenvalue weighted by Crippen LogP contribution is -2.21. The van der Waals surface area contributed by atoms with E-state index in [-0.39, 0.29) is 33.2 Å². The summed E-state index contributed by atoms with van der Waals surface area (Å²) in [6, 6.07) is 12.8. The van der Waals surface area contributed by atoms with Crippen LogP contribution in [0.4, 0.5) is 13.2 Å². The van der Waals surface area contributed by atoms with Crippen LogP contribution in [0.2, 0.25) is 0 Å². The smallest absolute Gasteiger partial charge is 0.285 e. The van der Waals surface area contributed by atoms with Gasteiger partial charge in [0.1, 0.15) is 5.25 Å². The Bertz CT molecular complexity index is 1400. The van der Waals surface area contributed by atoms with Crippen LogP contribution < -0.4 is 0 Å². The fourth-order valence-corrected chi connectivity index (χ4v) is 5.17. The largest absolute Gasteiger partial charge is 0.451 e. The van der Waals surface area contributed by atoms with Gasteiger partial charge in [-0.3, -0.25) is 4.55 Å². The molecule has 0 aliphatic heterocycles. The Labute approximate surface area is 199 Å². The Morgan fingerprint density at radius 3 is 2.00 bits per heavy atom. The zero-order chi connectivity index (χ0) is 25.3. The van der Waals surface area contributed by atoms with Crippen molar-refractivity contribution in [2.24, 2.45) is 0 Å². The molecular weight excluding hydrogens is 517 g/mol. The van der Waals surface area contributed by atoms with Crippen LogP contribution in [0.1, 0.15) is 23.2 Å². The van der Waals surface area contributed by atoms with Gasteiger partial charge in [0.2, 0.25) is 5.82 Å². The van der Waals surface area contributed by atoms with E-state index in [1.165, 1.54) is 36.4 Å². The van der Waals surface area contributed by atoms with Crippen molar-refractivity contribution in [3.8, 4) is 22.4 Å². The highest BCUT2D eigenvalue weighted by molar-refractivity contribution is 7.90. The monoisotopic (exact) mass is 534 g/mol. The lowest BCUT2D eigenvalue weighted by atomic mass is 9.95. The summed E-state index contributed by atoms with van der Waals surface area (Å²) in [5.74, 6) is -1.91. The SMILES string of the molecule is CS(=O)(=O)c1ccc(-c2nc(C(F)(F)F)nc(C(CCCl)S(=O)(=O)O)c2-c2ccccc2)cc1. The molecule has 0 saturated heterocycles. The second-order valence-corrected chi connectivity index (χ2v) is 11.3. The van der Waals surface area contributed by atoms with E-state index < -0.39 is 49.3 Å². The van der Waals surface area contributed by atoms with Gasteiger partial charge in [0.05, 0.1) is 16.3 Å². The zero-order valence-corrected chi connectivity index (χ0v) is 19.9. The standard InChI is InChI=1S/C21H18ClF3N2O5S2/c1-33(28,29)15-9-7-14(8-10-15)18-17(13-5-3-2-4-6-13)19(16(11-12-22)34(30,31)32)27-20(26-18)21(23,24)25/h2-10,16H,11-12H2,1H3,(H,30,31,32). The number of rotatable bonds is 7. The first kappa shape index (κ1) is 26.1. The lowest BCUT2D eigenvalue weighted by Gasteiger charge is -2.21. The summed E-state index contributed by atoms with van der Waals surface area (Å²) in [5, 5.41) is -1.86. The average molecular weight is 535 g/mol. The van der Waals surface area contributed by atoms with Gasteiger partial charge in [0, 0.05) is 23.3 Å². The summed E-state index contributed by atoms with van der Waals surface area (Å²) in [4.78, 5) is 7.12. The van der Waals surface area contributed by atoms with E-state index in [4.69, 9.17) is 11.6 Å². The van der Waals surface area contributed by atoms with Gasteiger partial charge in [-0.1, -0.05) is 42.5 Å². The van der Waals surface area contributed by atoms with Crippen molar-refractivity contribution in [1.29, 1.82) is 0 Å². The molecular formula is C21H18ClF3N2O5S2. The molecule has 1 N–H and O–H groups in total. The Balaban J connectivity index is 2.46. The van der Waals surface area contributed by atoms with Gasteiger partial charge in [-0.05, 0) is 24.1 Å². The first-order valence-electron chi connectivity index (χ1n) is 9.60. The van der Waals surface area contributed by atoms with Crippen LogP contribution in [0.5, 0.6) is 0 Å². The van der Waals surface area contributed by atoms with Crippen molar-refractivity contribution in [2.45, 2.75) is 22.7 Å². The second kappa shape index (κ2) is 9.61. The van der Waals surface area contributed by atoms with E-state index in [1.54, 1.807) is 18.2 Å². The number of alkyl halides is 4. The summed E-state index contributed by atoms with van der Waals surface area (Å²) < 4.78 is 98.9. The van der Waals surface area contributed by atoms with E-state index in [0.29, 0.717) is 0 Å². The van der Waals surface area contributed by atoms with E-state index in [0.717, 1.165) is 6.26 Å². The Morgan fingerprint density at radius 2 is 1.53 bits per heavy atom. The Morgan fingerprint density at radius 1 is 0.941 bits per heavy atom. The molecule has 3 aromatic rings. The zero-order valence-electron chi connectivity index (χ0n) is 17.5. The van der Waals surface area contributed by atoms with Gasteiger partial charge in [0.15, 0.2) is 9.84 Å². The molecule has 0 radical (unpaired) electrons. The van der Waals surface area contributed by atoms with Crippen LogP contribution in [-0.2, 0) is 26.1 Å². The number of benzene rings is 2. The molecule has 1 aromatic heterocycles. The second-order valence-electron chi connectivity index (χ2n) is 7.30. The minimum absolute atomic E-state index is 0.0616. The van der Waals surface area contributed by atoms with Gasteiger partial charge in [-0.25, -0.2) is 18.4 Å². The topological polar surface area (TPSA) is 114 Å². The van der Waals surface area contributed by atoms with E-state index >= 15 is 0 Å². The van der Waals surface area contributed by atoms with Crippen molar-refractivity contribution >= 4 is 31.6 Å². The minimum Gasteiger partial charge on any atom is -0.285 e. The molecule has 34 heavy (non-hydrogen) atoms. The van der Waals surface area contributed by atoms with Crippen LogP contribution in [-0.4, -0.2) is 43.5 Å². The fourth-order valence-electron chi connectivity index (χ4n) is 3.32. The van der Waals surface area contributed by atoms with E-state index in [1.807, 2.05) is 0 Å². The van der Waals surface area contributed by atoms with Crippen molar-refractivity contribution in [2.75, 3.05) is 12.1 Å². The number of sulfone groups is 1. The molecule has 0 bridgehead atoms. The molecule has 1 heterocycles. The number of nitrogens with zero attached hydrogens (tertiary/aromatic N) is 2. The number of aromatic nitrogens is 2. The molecule has 0 spiro atoms. The molecule has 1 atom stereocenters. The third kappa shape index (κ3) is 5.74. The summed E-state index contributed by atoms with van der Waals surface area (Å²) in [6.45, 7) is 0. The third-order valence-corrected chi connectivity index (χ3v) is 7.37. The van der Waals surface area contributed by atoms with Gasteiger partial charge in [0.25, 0.3) is 10.1 Å². The lowest BCUT2D eigenvalue weighted by molar-refractivity contribution is -0.145. The van der Waals surface area contributed by atoms with Crippen LogP contribution in [0.15, 0.2) is 59.5 Å². The molecule has 0 saturated carbocycles. The van der Waals surface area contributed by atoms with E-state index in [2.05, 4.69) is 9.97 Å². The van der Waals surface area contributed by atoms with Gasteiger partial charge < -0.3 is 0 Å². The molecule has 0 aliphatic rings. The average Bonchev–Trinajstić information content (AvgIpc) is 2.75. The number of hydrogen-bond acceptors (Lipinski definition) is 6. The van der Waals surface area contributed by atoms with Crippen LogP contribution in [0.3, 0.4) is 0 Å². The van der Waals surface area contributed by atoms with Crippen LogP contribution in [0, 0.1) is 0 Å². The maximum atomic E-state index is 13.7. The van der Waals surface area contributed by atoms with Crippen molar-refractivity contribution < 1.29 is 34.6 Å². The van der Waals surface area contributed by atoms with Crippen molar-refractivity contribution in [1.82, 2.24) is 9.97 Å². The van der Waals surface area contributed by atoms with Gasteiger partial charge >= 0.3 is 6.18 Å². The maximum Gasteiger partial charge on any atom is 0.451 e. The predicted molar refractivity (Wildman–Crippen MR) is 121 cm³/mol. The Hall–Kier alpha value is -2.54. The summed E-state index contributed by atoms with van der Waals surface area (Å²) >= 11 is 5.70. The van der Waals surface area contributed by atoms with Gasteiger partial charge in [-0.15, -0.1) is 11.6 Å². The fraction of sp³-hybridized carbons (Fsp3) is 0.238. The predicted octanol–water partition coefficient (Wildman–Crippen LogP) is 4.79. The third-order valence-electron chi connectivity index (χ3n) is 4.84. The van der Waals surface area contributed by atoms with Crippen molar-refractivity contribution in [3.05, 3.63) is 66.1 Å². The molecule has 0 aliphatic carbocycles. The highest BCUT2D eigenvalue weighted by atomic mass is 35.5. The highest BCUT2D eigenvalue weighted by Gasteiger charge is 2.39. The quantitative estimate of drug-likeness (QED) is 0.342. The van der Waals surface area contributed by atoms with Gasteiger partial charge in [-0.2, -0.15) is 21.6 Å². The summed E-state index contributed by atoms with van der Waals surface area (Å²) in [7, 11) is -8.50. The maximum absolute atomic E-state index is 13.7. The van der Waals surface area contributed by atoms with Crippen LogP contribution in [0.25, 0.3) is 22.4 Å². The number of hydrogen-bond donors (Lipinski definition) is 1. The normalized spacial score (nSPS) is 13.6. The first-order chi connectivity index (χ1) is 15.7. The Kier molecular flexibility index (Phi) is 7.37. The summed E-state index contributed by atoms with van der Waals surface area (Å²) in [5.41, 5.74) is -0.545. The minimum atomic E-state index is -5.05. The van der Waals surface area contributed by atoms with E-state index in [9.17, 15) is 34.6 Å². The molecule has 2 aromatic carbocycles. The molecule has 182 valence electrons. The molecule has 7 nitrogen and oxygen atoms in total. The summed E-state index contributed by atoms with van der Waals surface area (Å²) in [6.07, 6.45) is -4.48. The molecule has 3 rings (SSSR count). The molecule has 13 heteroatoms. The number of halogens is 4. The van der Waals surface area contributed by atoms with Crippen molar-refractivity contribution in [3.63, 3.8) is 0 Å². The highest BCUT2D eigenvalue weighted by Crippen LogP contribution is 2.41.